The van der Waals surface area contributed by atoms with E-state index in [9.17, 15) is 0 Å². The van der Waals surface area contributed by atoms with Gasteiger partial charge < -0.3 is 5.73 Å². The topological polar surface area (TPSA) is 104 Å². The molecule has 0 saturated carbocycles. The van der Waals surface area contributed by atoms with Gasteiger partial charge in [-0.2, -0.15) is 0 Å². The molecule has 0 unspecified atom stereocenters. The number of hydrogen-bond acceptors (Lipinski definition) is 2. The summed E-state index contributed by atoms with van der Waals surface area (Å²) in [5.74, 6) is 0. The third-order valence-electron chi connectivity index (χ3n) is 0.800. The standard InChI is InChI=1S/C6H7N.AsH3O4/c7-6-4-2-1-3-5-6;2-1(3,4)5/h1-5H,7H2;(H3,2,3,4,5). The first-order valence-corrected chi connectivity index (χ1v) is 6.27. The summed E-state index contributed by atoms with van der Waals surface area (Å²) in [6.07, 6.45) is 0. The van der Waals surface area contributed by atoms with Crippen LogP contribution in [0, 0.1) is 0 Å². The van der Waals surface area contributed by atoms with Gasteiger partial charge in [0.05, 0.1) is 0 Å². The number of benzene rings is 1. The maximum atomic E-state index is 8.94. The molecule has 0 saturated heterocycles. The normalized spacial score (nSPS) is 9.92. The number of nitrogens with two attached hydrogens (primary N) is 1. The van der Waals surface area contributed by atoms with Crippen molar-refractivity contribution in [1.29, 1.82) is 0 Å². The first-order chi connectivity index (χ1) is 5.39. The van der Waals surface area contributed by atoms with Crippen LogP contribution in [0.2, 0.25) is 0 Å². The quantitative estimate of drug-likeness (QED) is 0.344. The zero-order valence-corrected chi connectivity index (χ0v) is 8.04. The van der Waals surface area contributed by atoms with Gasteiger partial charge in [0.25, 0.3) is 0 Å². The second-order valence-corrected chi connectivity index (χ2v) is 4.08. The van der Waals surface area contributed by atoms with Gasteiger partial charge in [0.1, 0.15) is 0 Å². The fraction of sp³-hybridized carbons (Fsp3) is 0. The Labute approximate surface area is 72.8 Å². The van der Waals surface area contributed by atoms with Gasteiger partial charge in [0.15, 0.2) is 0 Å². The van der Waals surface area contributed by atoms with Gasteiger partial charge in [-0.3, -0.25) is 0 Å². The van der Waals surface area contributed by atoms with E-state index in [1.54, 1.807) is 0 Å². The molecule has 0 amide bonds. The molecule has 0 aliphatic carbocycles. The fourth-order valence-corrected chi connectivity index (χ4v) is 0.453. The van der Waals surface area contributed by atoms with Crippen LogP contribution in [0.1, 0.15) is 0 Å². The van der Waals surface area contributed by atoms with E-state index in [0.29, 0.717) is 0 Å². The molecule has 0 spiro atoms. The fourth-order valence-electron chi connectivity index (χ4n) is 0.453. The second kappa shape index (κ2) is 5.00. The Morgan fingerprint density at radius 2 is 1.42 bits per heavy atom. The van der Waals surface area contributed by atoms with E-state index >= 15 is 0 Å². The van der Waals surface area contributed by atoms with Crippen LogP contribution in [-0.4, -0.2) is 26.8 Å². The first-order valence-electron chi connectivity index (χ1n) is 2.98. The molecule has 0 heterocycles. The maximum absolute atomic E-state index is 8.94. The van der Waals surface area contributed by atoms with E-state index < -0.39 is 14.5 Å². The average molecular weight is 235 g/mol. The van der Waals surface area contributed by atoms with Crippen molar-refractivity contribution in [3.8, 4) is 0 Å². The van der Waals surface area contributed by atoms with Gasteiger partial charge in [0, 0.05) is 5.69 Å². The Morgan fingerprint density at radius 1 is 1.08 bits per heavy atom. The Balaban J connectivity index is 0.000000217. The Morgan fingerprint density at radius 3 is 1.58 bits per heavy atom. The van der Waals surface area contributed by atoms with Crippen molar-refractivity contribution in [3.63, 3.8) is 0 Å². The Bertz CT molecular complexity index is 249. The second-order valence-electron chi connectivity index (χ2n) is 1.92. The van der Waals surface area contributed by atoms with E-state index in [4.69, 9.17) is 21.8 Å². The molecule has 0 aliphatic heterocycles. The van der Waals surface area contributed by atoms with Crippen LogP contribution in [0.25, 0.3) is 0 Å². The Kier molecular flexibility index (Phi) is 4.69. The summed E-state index contributed by atoms with van der Waals surface area (Å²) in [6.45, 7) is 0. The molecule has 0 bridgehead atoms. The monoisotopic (exact) mass is 235 g/mol. The van der Waals surface area contributed by atoms with Crippen molar-refractivity contribution < 1.29 is 16.0 Å². The Hall–Kier alpha value is -0.742. The average Bonchev–Trinajstić information content (AvgIpc) is 1.85. The molecule has 12 heavy (non-hydrogen) atoms. The minimum absolute atomic E-state index is 0.822. The van der Waals surface area contributed by atoms with E-state index in [-0.39, 0.29) is 0 Å². The SMILES string of the molecule is Nc1ccccc1.O=[As](O)(O)O. The van der Waals surface area contributed by atoms with Gasteiger partial charge in [-0.05, 0) is 12.1 Å². The van der Waals surface area contributed by atoms with Gasteiger partial charge in [-0.25, -0.2) is 0 Å². The van der Waals surface area contributed by atoms with Crippen molar-refractivity contribution in [1.82, 2.24) is 0 Å². The molecule has 1 aromatic rings. The predicted octanol–water partition coefficient (Wildman–Crippen LogP) is -0.902. The molecule has 5 nitrogen and oxygen atoms in total. The molecule has 0 radical (unpaired) electrons. The van der Waals surface area contributed by atoms with Crippen molar-refractivity contribution in [2.24, 2.45) is 0 Å². The van der Waals surface area contributed by atoms with Crippen molar-refractivity contribution in [2.75, 3.05) is 5.73 Å². The molecule has 0 atom stereocenters. The van der Waals surface area contributed by atoms with Crippen LogP contribution in [0.15, 0.2) is 30.3 Å². The summed E-state index contributed by atoms with van der Waals surface area (Å²) in [5, 5.41) is 0. The molecule has 0 aromatic heterocycles. The molecular formula is C6H10AsNO4. The molecule has 1 rings (SSSR count). The van der Waals surface area contributed by atoms with Crippen LogP contribution < -0.4 is 5.73 Å². The zero-order valence-electron chi connectivity index (χ0n) is 6.16. The summed E-state index contributed by atoms with van der Waals surface area (Å²) >= 11 is -5.12. The minimum atomic E-state index is -5.12. The summed E-state index contributed by atoms with van der Waals surface area (Å²) < 4.78 is 30.7. The predicted molar refractivity (Wildman–Crippen MR) is 44.0 cm³/mol. The van der Waals surface area contributed by atoms with Crippen LogP contribution in [0.3, 0.4) is 0 Å². The molecule has 5 N–H and O–H groups in total. The van der Waals surface area contributed by atoms with Gasteiger partial charge in [-0.1, -0.05) is 18.2 Å². The van der Waals surface area contributed by atoms with Crippen molar-refractivity contribution in [3.05, 3.63) is 30.3 Å². The summed E-state index contributed by atoms with van der Waals surface area (Å²) in [5.41, 5.74) is 6.18. The molecule has 0 aliphatic rings. The first kappa shape index (κ1) is 11.3. The van der Waals surface area contributed by atoms with Crippen LogP contribution in [-0.2, 0) is 3.74 Å². The number of anilines is 1. The van der Waals surface area contributed by atoms with Crippen molar-refractivity contribution in [2.45, 2.75) is 0 Å². The molecule has 1 aromatic carbocycles. The van der Waals surface area contributed by atoms with E-state index in [1.165, 1.54) is 0 Å². The van der Waals surface area contributed by atoms with Crippen LogP contribution in [0.5, 0.6) is 0 Å². The van der Waals surface area contributed by atoms with Crippen LogP contribution in [0.4, 0.5) is 5.69 Å². The molecular weight excluding hydrogens is 225 g/mol. The summed E-state index contributed by atoms with van der Waals surface area (Å²) in [6, 6.07) is 9.49. The third kappa shape index (κ3) is 12.0. The van der Waals surface area contributed by atoms with Crippen molar-refractivity contribution >= 4 is 20.2 Å². The molecule has 0 fully saturated rings. The van der Waals surface area contributed by atoms with Gasteiger partial charge in [-0.15, -0.1) is 0 Å². The number of nitrogen functional groups attached to an aromatic ring is 1. The number of hydrogen-bond donors (Lipinski definition) is 4. The zero-order chi connectivity index (χ0) is 9.61. The van der Waals surface area contributed by atoms with E-state index in [1.807, 2.05) is 30.3 Å². The van der Waals surface area contributed by atoms with Gasteiger partial charge >= 0.3 is 30.5 Å². The number of para-hydroxylation sites is 1. The molecule has 6 heteroatoms. The third-order valence-corrected chi connectivity index (χ3v) is 0.800. The summed E-state index contributed by atoms with van der Waals surface area (Å²) in [7, 11) is 0. The van der Waals surface area contributed by atoms with E-state index in [0.717, 1.165) is 5.69 Å². The molecule has 68 valence electrons. The van der Waals surface area contributed by atoms with Crippen LogP contribution >= 0.6 is 0 Å². The number of rotatable bonds is 0. The summed E-state index contributed by atoms with van der Waals surface area (Å²) in [4.78, 5) is 0. The van der Waals surface area contributed by atoms with E-state index in [2.05, 4.69) is 0 Å². The van der Waals surface area contributed by atoms with Gasteiger partial charge in [0.2, 0.25) is 0 Å².